The lowest BCUT2D eigenvalue weighted by Gasteiger charge is -2.24. The molecule has 0 amide bonds. The molecule has 1 aliphatic heterocycles. The van der Waals surface area contributed by atoms with Crippen molar-refractivity contribution in [1.82, 2.24) is 9.78 Å². The average molecular weight is 353 g/mol. The van der Waals surface area contributed by atoms with Crippen LogP contribution in [0.15, 0.2) is 88.5 Å². The Hall–Kier alpha value is -3.40. The van der Waals surface area contributed by atoms with Gasteiger partial charge in [0.05, 0.1) is 23.7 Å². The van der Waals surface area contributed by atoms with Gasteiger partial charge in [-0.2, -0.15) is 5.10 Å². The minimum absolute atomic E-state index is 0.0926. The molecule has 2 aromatic carbocycles. The molecule has 0 unspecified atom stereocenters. The van der Waals surface area contributed by atoms with Crippen LogP contribution in [0.1, 0.15) is 29.5 Å². The normalized spacial score (nSPS) is 16.0. The van der Waals surface area contributed by atoms with Gasteiger partial charge < -0.3 is 4.42 Å². The van der Waals surface area contributed by atoms with E-state index >= 15 is 0 Å². The van der Waals surface area contributed by atoms with Gasteiger partial charge in [0.15, 0.2) is 5.82 Å². The Kier molecular flexibility index (Phi) is 3.75. The average Bonchev–Trinajstić information content (AvgIpc) is 3.36. The lowest BCUT2D eigenvalue weighted by molar-refractivity contribution is 0.513. The van der Waals surface area contributed by atoms with Crippen LogP contribution in [0.5, 0.6) is 0 Å². The fourth-order valence-electron chi connectivity index (χ4n) is 3.78. The highest BCUT2D eigenvalue weighted by Gasteiger charge is 2.30. The van der Waals surface area contributed by atoms with E-state index in [9.17, 15) is 0 Å². The van der Waals surface area contributed by atoms with Gasteiger partial charge in [0.2, 0.25) is 0 Å². The van der Waals surface area contributed by atoms with E-state index < -0.39 is 0 Å². The zero-order valence-corrected chi connectivity index (χ0v) is 15.0. The molecule has 1 atom stereocenters. The van der Waals surface area contributed by atoms with Gasteiger partial charge in [0, 0.05) is 12.0 Å². The molecule has 0 fully saturated rings. The van der Waals surface area contributed by atoms with Crippen molar-refractivity contribution in [1.29, 1.82) is 0 Å². The molecule has 132 valence electrons. The van der Waals surface area contributed by atoms with Crippen molar-refractivity contribution < 1.29 is 4.42 Å². The maximum absolute atomic E-state index is 5.66. The van der Waals surface area contributed by atoms with E-state index in [-0.39, 0.29) is 6.04 Å². The van der Waals surface area contributed by atoms with Crippen molar-refractivity contribution >= 4 is 11.5 Å². The van der Waals surface area contributed by atoms with Crippen molar-refractivity contribution in [2.45, 2.75) is 19.4 Å². The van der Waals surface area contributed by atoms with Crippen LogP contribution in [-0.4, -0.2) is 15.5 Å². The molecule has 0 aliphatic carbocycles. The molecule has 5 rings (SSSR count). The number of aryl methyl sites for hydroxylation is 1. The van der Waals surface area contributed by atoms with Crippen molar-refractivity contribution in [3.63, 3.8) is 0 Å². The first-order valence-electron chi connectivity index (χ1n) is 9.12. The van der Waals surface area contributed by atoms with Gasteiger partial charge in [0.25, 0.3) is 0 Å². The van der Waals surface area contributed by atoms with Crippen LogP contribution in [0.3, 0.4) is 0 Å². The Morgan fingerprint density at radius 3 is 2.37 bits per heavy atom. The topological polar surface area (TPSA) is 43.3 Å². The second kappa shape index (κ2) is 6.40. The van der Waals surface area contributed by atoms with Crippen LogP contribution in [0.4, 0.5) is 5.82 Å². The molecule has 0 saturated carbocycles. The number of aromatic nitrogens is 2. The van der Waals surface area contributed by atoms with E-state index in [0.29, 0.717) is 0 Å². The number of furan rings is 1. The number of nitrogens with zero attached hydrogens (tertiary/aromatic N) is 3. The molecule has 4 heteroatoms. The molecule has 3 heterocycles. The summed E-state index contributed by atoms with van der Waals surface area (Å²) >= 11 is 0. The molecular weight excluding hydrogens is 334 g/mol. The van der Waals surface area contributed by atoms with Crippen molar-refractivity contribution in [3.05, 3.63) is 96.1 Å². The van der Waals surface area contributed by atoms with Crippen LogP contribution in [-0.2, 0) is 0 Å². The number of benzene rings is 2. The summed E-state index contributed by atoms with van der Waals surface area (Å²) in [5.41, 5.74) is 5.38. The molecule has 0 bridgehead atoms. The SMILES string of the molecule is Cc1nn2c(c1-c1ccccc1)N=C(c1ccco1)C[C@H]2c1ccccc1. The van der Waals surface area contributed by atoms with E-state index in [1.54, 1.807) is 6.26 Å². The quantitative estimate of drug-likeness (QED) is 0.483. The highest BCUT2D eigenvalue weighted by atomic mass is 16.3. The smallest absolute Gasteiger partial charge is 0.159 e. The summed E-state index contributed by atoms with van der Waals surface area (Å²) in [4.78, 5) is 4.98. The zero-order chi connectivity index (χ0) is 18.2. The predicted octanol–water partition coefficient (Wildman–Crippen LogP) is 5.57. The third kappa shape index (κ3) is 2.70. The Morgan fingerprint density at radius 2 is 1.67 bits per heavy atom. The fraction of sp³-hybridized carbons (Fsp3) is 0.130. The predicted molar refractivity (Wildman–Crippen MR) is 107 cm³/mol. The van der Waals surface area contributed by atoms with E-state index in [1.165, 1.54) is 5.56 Å². The largest absolute Gasteiger partial charge is 0.463 e. The molecule has 27 heavy (non-hydrogen) atoms. The summed E-state index contributed by atoms with van der Waals surface area (Å²) in [6.07, 6.45) is 2.45. The summed E-state index contributed by atoms with van der Waals surface area (Å²) < 4.78 is 7.73. The van der Waals surface area contributed by atoms with Crippen LogP contribution in [0.25, 0.3) is 11.1 Å². The first kappa shape index (κ1) is 15.8. The number of rotatable bonds is 3. The summed E-state index contributed by atoms with van der Waals surface area (Å²) in [7, 11) is 0. The third-order valence-corrected chi connectivity index (χ3v) is 5.04. The van der Waals surface area contributed by atoms with Crippen LogP contribution in [0, 0.1) is 6.92 Å². The molecule has 0 N–H and O–H groups in total. The van der Waals surface area contributed by atoms with E-state index in [0.717, 1.165) is 40.5 Å². The summed E-state index contributed by atoms with van der Waals surface area (Å²) in [5, 5.41) is 4.88. The maximum Gasteiger partial charge on any atom is 0.159 e. The van der Waals surface area contributed by atoms with E-state index in [1.807, 2.05) is 36.4 Å². The van der Waals surface area contributed by atoms with Gasteiger partial charge in [-0.15, -0.1) is 0 Å². The first-order valence-corrected chi connectivity index (χ1v) is 9.12. The summed E-state index contributed by atoms with van der Waals surface area (Å²) in [6, 6.07) is 24.8. The molecule has 4 aromatic rings. The number of fused-ring (bicyclic) bond motifs is 1. The molecular formula is C23H19N3O. The molecule has 1 aliphatic rings. The minimum Gasteiger partial charge on any atom is -0.463 e. The minimum atomic E-state index is 0.0926. The second-order valence-corrected chi connectivity index (χ2v) is 6.76. The van der Waals surface area contributed by atoms with Gasteiger partial charge in [0.1, 0.15) is 5.76 Å². The third-order valence-electron chi connectivity index (χ3n) is 5.04. The number of hydrogen-bond acceptors (Lipinski definition) is 3. The standard InChI is InChI=1S/C23H19N3O/c1-16-22(18-11-6-3-7-12-18)23-24-19(21-13-8-14-27-21)15-20(26(23)25-16)17-9-4-2-5-10-17/h2-14,20H,15H2,1H3/t20-/m0/s1. The number of aliphatic imine (C=N–C) groups is 1. The van der Waals surface area contributed by atoms with Gasteiger partial charge in [-0.3, -0.25) is 0 Å². The second-order valence-electron chi connectivity index (χ2n) is 6.76. The van der Waals surface area contributed by atoms with E-state index in [4.69, 9.17) is 14.5 Å². The van der Waals surface area contributed by atoms with Gasteiger partial charge in [-0.1, -0.05) is 60.7 Å². The van der Waals surface area contributed by atoms with Crippen molar-refractivity contribution in [3.8, 4) is 11.1 Å². The highest BCUT2D eigenvalue weighted by molar-refractivity contribution is 6.02. The lowest BCUT2D eigenvalue weighted by Crippen LogP contribution is -2.21. The molecule has 0 spiro atoms. The Morgan fingerprint density at radius 1 is 0.926 bits per heavy atom. The summed E-state index contributed by atoms with van der Waals surface area (Å²) in [6.45, 7) is 2.05. The van der Waals surface area contributed by atoms with Crippen LogP contribution >= 0.6 is 0 Å². The van der Waals surface area contributed by atoms with Crippen LogP contribution < -0.4 is 0 Å². The zero-order valence-electron chi connectivity index (χ0n) is 15.0. The van der Waals surface area contributed by atoms with Crippen molar-refractivity contribution in [2.24, 2.45) is 4.99 Å². The van der Waals surface area contributed by atoms with Gasteiger partial charge in [-0.05, 0) is 30.2 Å². The van der Waals surface area contributed by atoms with E-state index in [2.05, 4.69) is 48.0 Å². The van der Waals surface area contributed by atoms with Crippen molar-refractivity contribution in [2.75, 3.05) is 0 Å². The van der Waals surface area contributed by atoms with Crippen LogP contribution in [0.2, 0.25) is 0 Å². The molecule has 0 saturated heterocycles. The molecule has 2 aromatic heterocycles. The Labute approximate surface area is 157 Å². The lowest BCUT2D eigenvalue weighted by atomic mass is 9.97. The Balaban J connectivity index is 1.74. The molecule has 0 radical (unpaired) electrons. The van der Waals surface area contributed by atoms with Gasteiger partial charge >= 0.3 is 0 Å². The monoisotopic (exact) mass is 353 g/mol. The highest BCUT2D eigenvalue weighted by Crippen LogP contribution is 2.41. The fourth-order valence-corrected chi connectivity index (χ4v) is 3.78. The number of hydrogen-bond donors (Lipinski definition) is 0. The summed E-state index contributed by atoms with van der Waals surface area (Å²) in [5.74, 6) is 1.71. The van der Waals surface area contributed by atoms with Gasteiger partial charge in [-0.25, -0.2) is 9.67 Å². The molecule has 4 nitrogen and oxygen atoms in total. The Bertz CT molecular complexity index is 1090. The maximum atomic E-state index is 5.66. The first-order chi connectivity index (χ1) is 13.3.